The van der Waals surface area contributed by atoms with Crippen LogP contribution in [-0.4, -0.2) is 37.9 Å². The molecule has 2 amide bonds. The fourth-order valence-corrected chi connectivity index (χ4v) is 3.28. The maximum Gasteiger partial charge on any atom is 0.243 e. The van der Waals surface area contributed by atoms with Crippen molar-refractivity contribution in [3.05, 3.63) is 85.6 Å². The van der Waals surface area contributed by atoms with Crippen molar-refractivity contribution in [2.45, 2.75) is 13.0 Å². The van der Waals surface area contributed by atoms with Gasteiger partial charge in [0.1, 0.15) is 18.0 Å². The molecule has 0 unspecified atom stereocenters. The summed E-state index contributed by atoms with van der Waals surface area (Å²) in [6, 6.07) is 15.5. The fourth-order valence-electron chi connectivity index (χ4n) is 3.28. The molecular formula is C24H23N7O2. The van der Waals surface area contributed by atoms with Crippen LogP contribution in [0.5, 0.6) is 0 Å². The molecule has 4 aromatic rings. The molecule has 9 nitrogen and oxygen atoms in total. The number of rotatable bonds is 9. The summed E-state index contributed by atoms with van der Waals surface area (Å²) in [5.74, 6) is 0.856. The van der Waals surface area contributed by atoms with E-state index >= 15 is 0 Å². The molecule has 0 saturated carbocycles. The third-order valence-corrected chi connectivity index (χ3v) is 4.91. The molecule has 166 valence electrons. The van der Waals surface area contributed by atoms with Gasteiger partial charge in [0.2, 0.25) is 11.8 Å². The zero-order valence-corrected chi connectivity index (χ0v) is 17.9. The lowest BCUT2D eigenvalue weighted by Crippen LogP contribution is -2.25. The van der Waals surface area contributed by atoms with Gasteiger partial charge in [0, 0.05) is 24.0 Å². The summed E-state index contributed by atoms with van der Waals surface area (Å²) in [6.07, 6.45) is 6.30. The average molecular weight is 441 g/mol. The number of hydrogen-bond donors (Lipinski definition) is 3. The van der Waals surface area contributed by atoms with Crippen molar-refractivity contribution >= 4 is 40.0 Å². The van der Waals surface area contributed by atoms with Gasteiger partial charge >= 0.3 is 0 Å². The van der Waals surface area contributed by atoms with Crippen molar-refractivity contribution in [1.82, 2.24) is 24.8 Å². The second-order valence-corrected chi connectivity index (χ2v) is 7.26. The number of imidazole rings is 1. The molecule has 2 aromatic carbocycles. The van der Waals surface area contributed by atoms with Crippen molar-refractivity contribution < 1.29 is 9.59 Å². The molecule has 0 aliphatic rings. The van der Waals surface area contributed by atoms with Crippen LogP contribution >= 0.6 is 0 Å². The van der Waals surface area contributed by atoms with Gasteiger partial charge in [-0.15, -0.1) is 0 Å². The molecule has 0 atom stereocenters. The van der Waals surface area contributed by atoms with E-state index in [1.54, 1.807) is 18.6 Å². The average Bonchev–Trinajstić information content (AvgIpc) is 3.26. The first-order chi connectivity index (χ1) is 16.1. The minimum atomic E-state index is -0.312. The van der Waals surface area contributed by atoms with Gasteiger partial charge in [0.05, 0.1) is 24.6 Å². The number of nitrogens with zero attached hydrogens (tertiary/aromatic N) is 4. The van der Waals surface area contributed by atoms with E-state index in [2.05, 4.69) is 49.6 Å². The Morgan fingerprint density at radius 2 is 1.94 bits per heavy atom. The highest BCUT2D eigenvalue weighted by Gasteiger charge is 2.10. The van der Waals surface area contributed by atoms with E-state index in [-0.39, 0.29) is 24.8 Å². The number of nitrogens with one attached hydrogen (secondary N) is 3. The maximum atomic E-state index is 12.2. The molecule has 0 saturated heterocycles. The van der Waals surface area contributed by atoms with Crippen molar-refractivity contribution in [3.63, 3.8) is 0 Å². The molecule has 2 heterocycles. The van der Waals surface area contributed by atoms with E-state index in [1.807, 2.05) is 34.9 Å². The lowest BCUT2D eigenvalue weighted by atomic mass is 10.2. The summed E-state index contributed by atoms with van der Waals surface area (Å²) in [5, 5.41) is 9.50. The first-order valence-electron chi connectivity index (χ1n) is 10.4. The van der Waals surface area contributed by atoms with Gasteiger partial charge in [-0.1, -0.05) is 36.9 Å². The Labute approximate surface area is 190 Å². The number of carbonyl (C=O) groups is 2. The molecular weight excluding hydrogens is 418 g/mol. The summed E-state index contributed by atoms with van der Waals surface area (Å²) in [4.78, 5) is 36.4. The Morgan fingerprint density at radius 3 is 2.76 bits per heavy atom. The molecule has 33 heavy (non-hydrogen) atoms. The predicted molar refractivity (Wildman–Crippen MR) is 127 cm³/mol. The quantitative estimate of drug-likeness (QED) is 0.344. The summed E-state index contributed by atoms with van der Waals surface area (Å²) in [7, 11) is 0. The molecule has 2 aromatic heterocycles. The topological polar surface area (TPSA) is 114 Å². The van der Waals surface area contributed by atoms with E-state index in [0.717, 1.165) is 22.3 Å². The fraction of sp³-hybridized carbons (Fsp3) is 0.125. The van der Waals surface area contributed by atoms with Gasteiger partial charge in [-0.05, 0) is 29.8 Å². The number of aromatic nitrogens is 4. The van der Waals surface area contributed by atoms with Crippen LogP contribution in [0, 0.1) is 0 Å². The molecule has 0 spiro atoms. The SMILES string of the molecule is C=CC(=O)NCCC(=O)Nc1ccc2ncnc(Nc3cncn3Cc3ccccc3)c2c1. The summed E-state index contributed by atoms with van der Waals surface area (Å²) in [6.45, 7) is 4.27. The van der Waals surface area contributed by atoms with E-state index in [9.17, 15) is 9.59 Å². The van der Waals surface area contributed by atoms with Gasteiger partial charge in [0.25, 0.3) is 0 Å². The third-order valence-electron chi connectivity index (χ3n) is 4.91. The molecule has 0 radical (unpaired) electrons. The Bertz CT molecular complexity index is 1280. The van der Waals surface area contributed by atoms with Crippen LogP contribution in [0.3, 0.4) is 0 Å². The third kappa shape index (κ3) is 5.59. The van der Waals surface area contributed by atoms with Gasteiger partial charge < -0.3 is 20.5 Å². The highest BCUT2D eigenvalue weighted by Crippen LogP contribution is 2.26. The molecule has 3 N–H and O–H groups in total. The smallest absolute Gasteiger partial charge is 0.243 e. The first kappa shape index (κ1) is 21.7. The maximum absolute atomic E-state index is 12.2. The largest absolute Gasteiger partial charge is 0.352 e. The summed E-state index contributed by atoms with van der Waals surface area (Å²) >= 11 is 0. The number of fused-ring (bicyclic) bond motifs is 1. The van der Waals surface area contributed by atoms with Crippen LogP contribution < -0.4 is 16.0 Å². The first-order valence-corrected chi connectivity index (χ1v) is 10.4. The van der Waals surface area contributed by atoms with E-state index < -0.39 is 0 Å². The van der Waals surface area contributed by atoms with Gasteiger partial charge in [-0.3, -0.25) is 9.59 Å². The minimum Gasteiger partial charge on any atom is -0.352 e. The second kappa shape index (κ2) is 10.2. The van der Waals surface area contributed by atoms with E-state index in [0.29, 0.717) is 18.1 Å². The Balaban J connectivity index is 1.50. The number of carbonyl (C=O) groups excluding carboxylic acids is 2. The molecule has 9 heteroatoms. The monoisotopic (exact) mass is 441 g/mol. The van der Waals surface area contributed by atoms with Crippen molar-refractivity contribution in [3.8, 4) is 0 Å². The van der Waals surface area contributed by atoms with Gasteiger partial charge in [0.15, 0.2) is 0 Å². The molecule has 4 rings (SSSR count). The zero-order chi connectivity index (χ0) is 23.0. The molecule has 0 aliphatic carbocycles. The van der Waals surface area contributed by atoms with Crippen LogP contribution in [0.2, 0.25) is 0 Å². The second-order valence-electron chi connectivity index (χ2n) is 7.26. The molecule has 0 aliphatic heterocycles. The molecule has 0 fully saturated rings. The zero-order valence-electron chi connectivity index (χ0n) is 17.9. The highest BCUT2D eigenvalue weighted by molar-refractivity contribution is 5.97. The minimum absolute atomic E-state index is 0.146. The number of amides is 2. The van der Waals surface area contributed by atoms with Crippen LogP contribution in [-0.2, 0) is 16.1 Å². The number of anilines is 3. The number of benzene rings is 2. The van der Waals surface area contributed by atoms with Crippen LogP contribution in [0.4, 0.5) is 17.3 Å². The summed E-state index contributed by atoms with van der Waals surface area (Å²) in [5.41, 5.74) is 2.50. The van der Waals surface area contributed by atoms with Gasteiger partial charge in [-0.25, -0.2) is 15.0 Å². The van der Waals surface area contributed by atoms with Crippen molar-refractivity contribution in [2.75, 3.05) is 17.2 Å². The molecule has 0 bridgehead atoms. The standard InChI is InChI=1S/C24H23N7O2/c1-2-22(32)26-11-10-23(33)29-18-8-9-20-19(12-18)24(28-15-27-20)30-21-13-25-16-31(21)14-17-6-4-3-5-7-17/h2-9,12-13,15-16H,1,10-11,14H2,(H,26,32)(H,29,33)(H,27,28,30). The lowest BCUT2D eigenvalue weighted by Gasteiger charge is -2.12. The Hall–Kier alpha value is -4.53. The van der Waals surface area contributed by atoms with Crippen molar-refractivity contribution in [1.29, 1.82) is 0 Å². The van der Waals surface area contributed by atoms with Gasteiger partial charge in [-0.2, -0.15) is 0 Å². The van der Waals surface area contributed by atoms with E-state index in [1.165, 1.54) is 12.4 Å². The Kier molecular flexibility index (Phi) is 6.70. The Morgan fingerprint density at radius 1 is 1.09 bits per heavy atom. The van der Waals surface area contributed by atoms with Crippen LogP contribution in [0.1, 0.15) is 12.0 Å². The predicted octanol–water partition coefficient (Wildman–Crippen LogP) is 3.25. The number of hydrogen-bond acceptors (Lipinski definition) is 6. The van der Waals surface area contributed by atoms with E-state index in [4.69, 9.17) is 0 Å². The normalized spacial score (nSPS) is 10.5. The lowest BCUT2D eigenvalue weighted by molar-refractivity contribution is -0.117. The van der Waals surface area contributed by atoms with Crippen LogP contribution in [0.15, 0.2) is 80.0 Å². The van der Waals surface area contributed by atoms with Crippen molar-refractivity contribution in [2.24, 2.45) is 0 Å². The highest BCUT2D eigenvalue weighted by atomic mass is 16.2. The summed E-state index contributed by atoms with van der Waals surface area (Å²) < 4.78 is 1.99. The van der Waals surface area contributed by atoms with Crippen LogP contribution in [0.25, 0.3) is 10.9 Å².